The summed E-state index contributed by atoms with van der Waals surface area (Å²) in [6, 6.07) is 7.21. The molecule has 2 rings (SSSR count). The fraction of sp³-hybridized carbons (Fsp3) is 0.375. The zero-order valence-electron chi connectivity index (χ0n) is 13.0. The van der Waals surface area contributed by atoms with Gasteiger partial charge in [0.25, 0.3) is 0 Å². The van der Waals surface area contributed by atoms with Gasteiger partial charge >= 0.3 is 5.56 Å². The lowest BCUT2D eigenvalue weighted by Gasteiger charge is -2.11. The lowest BCUT2D eigenvalue weighted by molar-refractivity contribution is 0.286. The number of aromatic amines is 1. The van der Waals surface area contributed by atoms with E-state index in [9.17, 15) is 9.00 Å². The van der Waals surface area contributed by atoms with E-state index in [4.69, 9.17) is 4.74 Å². The molecule has 0 aliphatic carbocycles. The van der Waals surface area contributed by atoms with Crippen molar-refractivity contribution in [2.75, 3.05) is 12.9 Å². The van der Waals surface area contributed by atoms with Gasteiger partial charge in [0, 0.05) is 27.5 Å². The van der Waals surface area contributed by atoms with Crippen molar-refractivity contribution in [2.24, 2.45) is 5.92 Å². The van der Waals surface area contributed by atoms with Crippen molar-refractivity contribution < 1.29 is 8.95 Å². The molecule has 5 nitrogen and oxygen atoms in total. The Morgan fingerprint density at radius 1 is 1.27 bits per heavy atom. The van der Waals surface area contributed by atoms with Crippen molar-refractivity contribution in [3.8, 4) is 16.9 Å². The minimum absolute atomic E-state index is 0.279. The molecular weight excluding hydrogens is 300 g/mol. The van der Waals surface area contributed by atoms with Gasteiger partial charge in [0.05, 0.1) is 12.8 Å². The standard InChI is InChI=1S/C16H20N2O3S/c1-11(2)8-9-21-15-14(10-17-18-16(15)19)12-4-6-13(7-5-12)22(3)20/h4-7,10-11H,8-9H2,1-3H3,(H,18,19). The maximum Gasteiger partial charge on any atom is 0.307 e. The van der Waals surface area contributed by atoms with Crippen LogP contribution in [0.15, 0.2) is 40.2 Å². The van der Waals surface area contributed by atoms with Crippen molar-refractivity contribution in [3.05, 3.63) is 40.8 Å². The van der Waals surface area contributed by atoms with Crippen molar-refractivity contribution >= 4 is 10.8 Å². The van der Waals surface area contributed by atoms with E-state index < -0.39 is 10.8 Å². The van der Waals surface area contributed by atoms with Gasteiger partial charge in [0.15, 0.2) is 5.75 Å². The highest BCUT2D eigenvalue weighted by Gasteiger charge is 2.12. The summed E-state index contributed by atoms with van der Waals surface area (Å²) in [7, 11) is -1.03. The second-order valence-corrected chi connectivity index (χ2v) is 6.83. The first-order chi connectivity index (χ1) is 10.5. The van der Waals surface area contributed by atoms with Gasteiger partial charge in [-0.05, 0) is 30.0 Å². The minimum atomic E-state index is -1.03. The Hall–Kier alpha value is -1.95. The van der Waals surface area contributed by atoms with Crippen molar-refractivity contribution in [1.82, 2.24) is 10.2 Å². The number of aromatic nitrogens is 2. The molecule has 0 amide bonds. The molecule has 0 spiro atoms. The van der Waals surface area contributed by atoms with E-state index >= 15 is 0 Å². The monoisotopic (exact) mass is 320 g/mol. The summed E-state index contributed by atoms with van der Waals surface area (Å²) in [5.74, 6) is 0.782. The Kier molecular flexibility index (Phi) is 5.49. The van der Waals surface area contributed by atoms with Crippen LogP contribution in [0, 0.1) is 5.92 Å². The average molecular weight is 320 g/mol. The van der Waals surface area contributed by atoms with Crippen LogP contribution in [-0.4, -0.2) is 27.3 Å². The predicted octanol–water partition coefficient (Wildman–Crippen LogP) is 2.60. The van der Waals surface area contributed by atoms with Crippen LogP contribution in [0.3, 0.4) is 0 Å². The summed E-state index contributed by atoms with van der Waals surface area (Å²) in [5.41, 5.74) is 1.11. The molecule has 1 N–H and O–H groups in total. The third-order valence-corrected chi connectivity index (χ3v) is 4.19. The molecule has 1 unspecified atom stereocenters. The number of hydrogen-bond donors (Lipinski definition) is 1. The summed E-state index contributed by atoms with van der Waals surface area (Å²) < 4.78 is 17.1. The lowest BCUT2D eigenvalue weighted by atomic mass is 10.1. The van der Waals surface area contributed by atoms with Gasteiger partial charge in [-0.25, -0.2) is 5.10 Å². The van der Waals surface area contributed by atoms with Crippen LogP contribution < -0.4 is 10.3 Å². The van der Waals surface area contributed by atoms with E-state index in [1.54, 1.807) is 24.6 Å². The number of nitrogens with one attached hydrogen (secondary N) is 1. The molecule has 118 valence electrons. The first-order valence-corrected chi connectivity index (χ1v) is 8.69. The Morgan fingerprint density at radius 3 is 2.55 bits per heavy atom. The van der Waals surface area contributed by atoms with Crippen molar-refractivity contribution in [2.45, 2.75) is 25.2 Å². The van der Waals surface area contributed by atoms with E-state index in [0.717, 1.165) is 16.9 Å². The van der Waals surface area contributed by atoms with Crippen LogP contribution in [0.25, 0.3) is 11.1 Å². The van der Waals surface area contributed by atoms with Gasteiger partial charge in [-0.1, -0.05) is 26.0 Å². The smallest absolute Gasteiger partial charge is 0.307 e. The molecule has 22 heavy (non-hydrogen) atoms. The SMILES string of the molecule is CC(C)CCOc1c(-c2ccc(S(C)=O)cc2)cn[nH]c1=O. The van der Waals surface area contributed by atoms with Gasteiger partial charge in [-0.3, -0.25) is 9.00 Å². The molecule has 0 saturated carbocycles. The van der Waals surface area contributed by atoms with Gasteiger partial charge in [-0.15, -0.1) is 0 Å². The Bertz CT molecular complexity index is 708. The normalized spacial score (nSPS) is 12.4. The van der Waals surface area contributed by atoms with Crippen LogP contribution in [0.4, 0.5) is 0 Å². The second kappa shape index (κ2) is 7.35. The topological polar surface area (TPSA) is 72.0 Å². The molecule has 6 heteroatoms. The van der Waals surface area contributed by atoms with Gasteiger partial charge in [-0.2, -0.15) is 5.10 Å². The fourth-order valence-electron chi connectivity index (χ4n) is 1.96. The molecule has 0 aliphatic rings. The maximum atomic E-state index is 12.0. The first-order valence-electron chi connectivity index (χ1n) is 7.13. The first kappa shape index (κ1) is 16.4. The zero-order valence-corrected chi connectivity index (χ0v) is 13.8. The lowest BCUT2D eigenvalue weighted by Crippen LogP contribution is -2.15. The molecule has 0 aliphatic heterocycles. The van der Waals surface area contributed by atoms with Crippen LogP contribution in [0.2, 0.25) is 0 Å². The minimum Gasteiger partial charge on any atom is -0.487 e. The third kappa shape index (κ3) is 4.04. The van der Waals surface area contributed by atoms with Crippen LogP contribution in [0.5, 0.6) is 5.75 Å². The highest BCUT2D eigenvalue weighted by atomic mass is 32.2. The molecule has 1 heterocycles. The fourth-order valence-corrected chi connectivity index (χ4v) is 2.48. The van der Waals surface area contributed by atoms with E-state index in [1.165, 1.54) is 0 Å². The molecule has 0 saturated heterocycles. The highest BCUT2D eigenvalue weighted by molar-refractivity contribution is 7.84. The van der Waals surface area contributed by atoms with Crippen molar-refractivity contribution in [1.29, 1.82) is 0 Å². The Balaban J connectivity index is 2.32. The highest BCUT2D eigenvalue weighted by Crippen LogP contribution is 2.26. The maximum absolute atomic E-state index is 12.0. The number of rotatable bonds is 6. The quantitative estimate of drug-likeness (QED) is 0.888. The summed E-state index contributed by atoms with van der Waals surface area (Å²) >= 11 is 0. The number of hydrogen-bond acceptors (Lipinski definition) is 4. The molecular formula is C16H20N2O3S. The summed E-state index contributed by atoms with van der Waals surface area (Å²) in [4.78, 5) is 12.7. The Labute approximate surface area is 132 Å². The molecule has 1 atom stereocenters. The predicted molar refractivity (Wildman–Crippen MR) is 87.6 cm³/mol. The summed E-state index contributed by atoms with van der Waals surface area (Å²) in [5, 5.41) is 6.24. The number of nitrogens with zero attached hydrogens (tertiary/aromatic N) is 1. The number of H-pyrrole nitrogens is 1. The van der Waals surface area contributed by atoms with Crippen molar-refractivity contribution in [3.63, 3.8) is 0 Å². The molecule has 0 bridgehead atoms. The zero-order chi connectivity index (χ0) is 16.1. The van der Waals surface area contributed by atoms with Gasteiger partial charge < -0.3 is 4.74 Å². The average Bonchev–Trinajstić information content (AvgIpc) is 2.48. The van der Waals surface area contributed by atoms with E-state index in [1.807, 2.05) is 12.1 Å². The largest absolute Gasteiger partial charge is 0.487 e. The molecule has 0 fully saturated rings. The summed E-state index contributed by atoms with van der Waals surface area (Å²) in [6.45, 7) is 4.68. The van der Waals surface area contributed by atoms with Crippen LogP contribution >= 0.6 is 0 Å². The second-order valence-electron chi connectivity index (χ2n) is 5.45. The number of ether oxygens (including phenoxy) is 1. The summed E-state index contributed by atoms with van der Waals surface area (Å²) in [6.07, 6.45) is 4.07. The number of benzene rings is 1. The molecule has 1 aromatic heterocycles. The van der Waals surface area contributed by atoms with E-state index in [0.29, 0.717) is 18.1 Å². The van der Waals surface area contributed by atoms with E-state index in [2.05, 4.69) is 24.0 Å². The molecule has 1 aromatic carbocycles. The van der Waals surface area contributed by atoms with Crippen LogP contribution in [0.1, 0.15) is 20.3 Å². The molecule has 2 aromatic rings. The molecule has 0 radical (unpaired) electrons. The Morgan fingerprint density at radius 2 is 1.95 bits per heavy atom. The van der Waals surface area contributed by atoms with Gasteiger partial charge in [0.1, 0.15) is 0 Å². The van der Waals surface area contributed by atoms with Crippen LogP contribution in [-0.2, 0) is 10.8 Å². The third-order valence-electron chi connectivity index (χ3n) is 3.25. The van der Waals surface area contributed by atoms with Gasteiger partial charge in [0.2, 0.25) is 0 Å². The van der Waals surface area contributed by atoms with E-state index in [-0.39, 0.29) is 11.3 Å².